The van der Waals surface area contributed by atoms with Crippen LogP contribution in [-0.2, 0) is 0 Å². The molecule has 0 aromatic carbocycles. The van der Waals surface area contributed by atoms with Gasteiger partial charge in [0.1, 0.15) is 0 Å². The molecule has 3 atom stereocenters. The van der Waals surface area contributed by atoms with E-state index in [1.807, 2.05) is 0 Å². The van der Waals surface area contributed by atoms with Crippen LogP contribution < -0.4 is 5.32 Å². The van der Waals surface area contributed by atoms with E-state index in [4.69, 9.17) is 0 Å². The summed E-state index contributed by atoms with van der Waals surface area (Å²) >= 11 is 0. The van der Waals surface area contributed by atoms with Crippen molar-refractivity contribution in [2.24, 2.45) is 5.92 Å². The summed E-state index contributed by atoms with van der Waals surface area (Å²) in [6, 6.07) is 3.45. The molecule has 3 unspecified atom stereocenters. The molecule has 0 aromatic rings. The van der Waals surface area contributed by atoms with Crippen LogP contribution in [0.2, 0.25) is 0 Å². The number of nitrogens with one attached hydrogen (secondary N) is 1. The van der Waals surface area contributed by atoms with E-state index in [1.54, 1.807) is 0 Å². The molecule has 0 amide bonds. The van der Waals surface area contributed by atoms with Crippen molar-refractivity contribution in [1.82, 2.24) is 10.2 Å². The van der Waals surface area contributed by atoms with E-state index in [0.29, 0.717) is 12.1 Å². The van der Waals surface area contributed by atoms with Crippen LogP contribution in [0.5, 0.6) is 0 Å². The van der Waals surface area contributed by atoms with Gasteiger partial charge in [-0.3, -0.25) is 0 Å². The fourth-order valence-electron chi connectivity index (χ4n) is 3.09. The number of hydrogen-bond acceptors (Lipinski definition) is 3. The first kappa shape index (κ1) is 16.5. The van der Waals surface area contributed by atoms with Crippen molar-refractivity contribution in [2.45, 2.75) is 71.4 Å². The highest BCUT2D eigenvalue weighted by molar-refractivity contribution is 4.95. The van der Waals surface area contributed by atoms with Crippen LogP contribution in [0.25, 0.3) is 0 Å². The standard InChI is InChI=1S/C16H31N3/c1-4-19(5-2)12-8-9-14(3)18-16-11-7-6-10-15(16)13-17/h14-16,18H,4-12H2,1-3H3. The highest BCUT2D eigenvalue weighted by Gasteiger charge is 2.25. The molecule has 0 aliphatic heterocycles. The van der Waals surface area contributed by atoms with Gasteiger partial charge in [-0.15, -0.1) is 0 Å². The summed E-state index contributed by atoms with van der Waals surface area (Å²) in [5.74, 6) is 0.235. The first-order chi connectivity index (χ1) is 9.21. The molecule has 3 heteroatoms. The molecule has 1 aliphatic carbocycles. The lowest BCUT2D eigenvalue weighted by Crippen LogP contribution is -2.43. The highest BCUT2D eigenvalue weighted by Crippen LogP contribution is 2.24. The van der Waals surface area contributed by atoms with Gasteiger partial charge in [-0.05, 0) is 52.2 Å². The van der Waals surface area contributed by atoms with Crippen LogP contribution in [0.1, 0.15) is 59.3 Å². The van der Waals surface area contributed by atoms with Crippen molar-refractivity contribution in [3.8, 4) is 6.07 Å². The van der Waals surface area contributed by atoms with Crippen LogP contribution in [0.15, 0.2) is 0 Å². The first-order valence-electron chi connectivity index (χ1n) is 8.09. The van der Waals surface area contributed by atoms with Crippen LogP contribution >= 0.6 is 0 Å². The normalized spacial score (nSPS) is 25.2. The third-order valence-corrected chi connectivity index (χ3v) is 4.44. The molecule has 19 heavy (non-hydrogen) atoms. The fourth-order valence-corrected chi connectivity index (χ4v) is 3.09. The summed E-state index contributed by atoms with van der Waals surface area (Å²) in [5, 5.41) is 12.9. The SMILES string of the molecule is CCN(CC)CCCC(C)NC1CCCCC1C#N. The zero-order valence-corrected chi connectivity index (χ0v) is 13.0. The Labute approximate surface area is 119 Å². The fraction of sp³-hybridized carbons (Fsp3) is 0.938. The van der Waals surface area contributed by atoms with E-state index in [1.165, 1.54) is 38.6 Å². The van der Waals surface area contributed by atoms with E-state index in [2.05, 4.69) is 37.1 Å². The molecule has 0 aromatic heterocycles. The van der Waals surface area contributed by atoms with Crippen LogP contribution in [0.4, 0.5) is 0 Å². The van der Waals surface area contributed by atoms with Gasteiger partial charge in [0.05, 0.1) is 12.0 Å². The molecule has 1 aliphatic rings. The molecule has 1 N–H and O–H groups in total. The minimum Gasteiger partial charge on any atom is -0.310 e. The summed E-state index contributed by atoms with van der Waals surface area (Å²) in [6.07, 6.45) is 7.23. The average Bonchev–Trinajstić information content (AvgIpc) is 2.44. The number of hydrogen-bond donors (Lipinski definition) is 1. The van der Waals surface area contributed by atoms with Gasteiger partial charge in [-0.2, -0.15) is 5.26 Å². The molecule has 0 spiro atoms. The van der Waals surface area contributed by atoms with Crippen molar-refractivity contribution in [3.05, 3.63) is 0 Å². The maximum atomic E-state index is 9.19. The first-order valence-corrected chi connectivity index (χ1v) is 8.09. The Bertz CT molecular complexity index is 268. The lowest BCUT2D eigenvalue weighted by molar-refractivity contribution is 0.265. The molecule has 0 saturated heterocycles. The highest BCUT2D eigenvalue weighted by atomic mass is 15.1. The lowest BCUT2D eigenvalue weighted by atomic mass is 9.85. The number of nitrogens with zero attached hydrogens (tertiary/aromatic N) is 2. The second-order valence-corrected chi connectivity index (χ2v) is 5.86. The maximum Gasteiger partial charge on any atom is 0.0672 e. The molecule has 1 rings (SSSR count). The van der Waals surface area contributed by atoms with Crippen LogP contribution in [0, 0.1) is 17.2 Å². The second-order valence-electron chi connectivity index (χ2n) is 5.86. The third kappa shape index (κ3) is 5.93. The van der Waals surface area contributed by atoms with Crippen molar-refractivity contribution in [1.29, 1.82) is 5.26 Å². The Balaban J connectivity index is 2.22. The van der Waals surface area contributed by atoms with Gasteiger partial charge in [0.15, 0.2) is 0 Å². The largest absolute Gasteiger partial charge is 0.310 e. The average molecular weight is 265 g/mol. The minimum absolute atomic E-state index is 0.235. The summed E-state index contributed by atoms with van der Waals surface area (Å²) in [7, 11) is 0. The van der Waals surface area contributed by atoms with Gasteiger partial charge < -0.3 is 10.2 Å². The Kier molecular flexibility index (Phi) is 8.09. The molecule has 1 saturated carbocycles. The van der Waals surface area contributed by atoms with E-state index < -0.39 is 0 Å². The third-order valence-electron chi connectivity index (χ3n) is 4.44. The van der Waals surface area contributed by atoms with E-state index >= 15 is 0 Å². The van der Waals surface area contributed by atoms with Gasteiger partial charge in [-0.25, -0.2) is 0 Å². The molecular weight excluding hydrogens is 234 g/mol. The van der Waals surface area contributed by atoms with E-state index in [9.17, 15) is 5.26 Å². The zero-order chi connectivity index (χ0) is 14.1. The van der Waals surface area contributed by atoms with Crippen molar-refractivity contribution in [3.63, 3.8) is 0 Å². The summed E-state index contributed by atoms with van der Waals surface area (Å²) < 4.78 is 0. The predicted octanol–water partition coefficient (Wildman–Crippen LogP) is 3.17. The smallest absolute Gasteiger partial charge is 0.0672 e. The lowest BCUT2D eigenvalue weighted by Gasteiger charge is -2.30. The Morgan fingerprint density at radius 2 is 1.95 bits per heavy atom. The molecule has 0 radical (unpaired) electrons. The zero-order valence-electron chi connectivity index (χ0n) is 13.0. The quantitative estimate of drug-likeness (QED) is 0.732. The van der Waals surface area contributed by atoms with Gasteiger partial charge in [-0.1, -0.05) is 26.7 Å². The van der Waals surface area contributed by atoms with Gasteiger partial charge in [0.2, 0.25) is 0 Å². The molecule has 0 bridgehead atoms. The molecular formula is C16H31N3. The van der Waals surface area contributed by atoms with Crippen LogP contribution in [0.3, 0.4) is 0 Å². The van der Waals surface area contributed by atoms with Gasteiger partial charge in [0.25, 0.3) is 0 Å². The molecule has 3 nitrogen and oxygen atoms in total. The van der Waals surface area contributed by atoms with Gasteiger partial charge in [0, 0.05) is 12.1 Å². The second kappa shape index (κ2) is 9.34. The predicted molar refractivity (Wildman–Crippen MR) is 81.0 cm³/mol. The molecule has 0 heterocycles. The molecule has 110 valence electrons. The van der Waals surface area contributed by atoms with Crippen molar-refractivity contribution >= 4 is 0 Å². The Morgan fingerprint density at radius 3 is 2.58 bits per heavy atom. The number of rotatable bonds is 8. The van der Waals surface area contributed by atoms with E-state index in [0.717, 1.165) is 19.5 Å². The summed E-state index contributed by atoms with van der Waals surface area (Å²) in [5.41, 5.74) is 0. The Hall–Kier alpha value is -0.590. The van der Waals surface area contributed by atoms with Crippen LogP contribution in [-0.4, -0.2) is 36.6 Å². The molecule has 1 fully saturated rings. The van der Waals surface area contributed by atoms with E-state index in [-0.39, 0.29) is 5.92 Å². The summed E-state index contributed by atoms with van der Waals surface area (Å²) in [4.78, 5) is 2.48. The Morgan fingerprint density at radius 1 is 1.26 bits per heavy atom. The number of nitriles is 1. The minimum atomic E-state index is 0.235. The van der Waals surface area contributed by atoms with Crippen molar-refractivity contribution in [2.75, 3.05) is 19.6 Å². The monoisotopic (exact) mass is 265 g/mol. The summed E-state index contributed by atoms with van der Waals surface area (Å²) in [6.45, 7) is 10.2. The van der Waals surface area contributed by atoms with Gasteiger partial charge >= 0.3 is 0 Å². The van der Waals surface area contributed by atoms with Crippen molar-refractivity contribution < 1.29 is 0 Å². The maximum absolute atomic E-state index is 9.19. The topological polar surface area (TPSA) is 39.1 Å².